The third kappa shape index (κ3) is 3.78. The molecule has 6 nitrogen and oxygen atoms in total. The molecule has 1 fully saturated rings. The first-order valence-electron chi connectivity index (χ1n) is 10.4. The summed E-state index contributed by atoms with van der Waals surface area (Å²) in [5.41, 5.74) is 7.72. The summed E-state index contributed by atoms with van der Waals surface area (Å²) >= 11 is 0. The predicted molar refractivity (Wildman–Crippen MR) is 108 cm³/mol. The molecule has 2 aromatic rings. The standard InChI is InChI=1S/C22H27FN4O2/c1-14-6-7-16(20(24)28)13-27(14)22(29)19-18-5-3-2-4-12-26(18)21(25-19)15-8-10-17(23)11-9-15/h8-11,14,16H,2-7,12-13H2,1H3,(H2,24,28). The molecule has 0 radical (unpaired) electrons. The molecule has 0 spiro atoms. The number of hydrogen-bond donors (Lipinski definition) is 1. The fraction of sp³-hybridized carbons (Fsp3) is 0.500. The minimum atomic E-state index is -0.356. The highest BCUT2D eigenvalue weighted by Crippen LogP contribution is 2.30. The molecule has 1 aromatic heterocycles. The van der Waals surface area contributed by atoms with E-state index in [4.69, 9.17) is 10.7 Å². The molecule has 0 bridgehead atoms. The van der Waals surface area contributed by atoms with Crippen molar-refractivity contribution in [1.29, 1.82) is 0 Å². The molecular weight excluding hydrogens is 371 g/mol. The summed E-state index contributed by atoms with van der Waals surface area (Å²) < 4.78 is 15.5. The van der Waals surface area contributed by atoms with Crippen molar-refractivity contribution in [2.45, 2.75) is 58.0 Å². The normalized spacial score (nSPS) is 22.1. The molecule has 29 heavy (non-hydrogen) atoms. The highest BCUT2D eigenvalue weighted by Gasteiger charge is 2.35. The van der Waals surface area contributed by atoms with Crippen molar-refractivity contribution in [3.05, 3.63) is 41.5 Å². The highest BCUT2D eigenvalue weighted by atomic mass is 19.1. The Labute approximate surface area is 169 Å². The molecule has 2 aliphatic rings. The number of hydrogen-bond acceptors (Lipinski definition) is 3. The first-order valence-corrected chi connectivity index (χ1v) is 10.4. The van der Waals surface area contributed by atoms with Crippen LogP contribution in [0.4, 0.5) is 4.39 Å². The molecule has 1 saturated heterocycles. The minimum absolute atomic E-state index is 0.0375. The number of halogens is 1. The van der Waals surface area contributed by atoms with E-state index in [1.807, 2.05) is 6.92 Å². The summed E-state index contributed by atoms with van der Waals surface area (Å²) in [4.78, 5) is 31.7. The maximum Gasteiger partial charge on any atom is 0.274 e. The first-order chi connectivity index (χ1) is 14.0. The predicted octanol–water partition coefficient (Wildman–Crippen LogP) is 3.14. The number of benzene rings is 1. The summed E-state index contributed by atoms with van der Waals surface area (Å²) in [5, 5.41) is 0. The number of nitrogens with zero attached hydrogens (tertiary/aromatic N) is 3. The van der Waals surface area contributed by atoms with Crippen LogP contribution >= 0.6 is 0 Å². The van der Waals surface area contributed by atoms with E-state index in [1.165, 1.54) is 12.1 Å². The summed E-state index contributed by atoms with van der Waals surface area (Å²) in [6.07, 6.45) is 5.38. The fourth-order valence-electron chi connectivity index (χ4n) is 4.47. The Balaban J connectivity index is 1.74. The van der Waals surface area contributed by atoms with Crippen molar-refractivity contribution in [3.63, 3.8) is 0 Å². The Morgan fingerprint density at radius 1 is 1.14 bits per heavy atom. The Bertz CT molecular complexity index is 922. The second-order valence-corrected chi connectivity index (χ2v) is 8.18. The Morgan fingerprint density at radius 2 is 1.90 bits per heavy atom. The Morgan fingerprint density at radius 3 is 2.62 bits per heavy atom. The van der Waals surface area contributed by atoms with Crippen LogP contribution < -0.4 is 5.73 Å². The monoisotopic (exact) mass is 398 g/mol. The van der Waals surface area contributed by atoms with E-state index in [9.17, 15) is 14.0 Å². The van der Waals surface area contributed by atoms with Gasteiger partial charge in [-0.25, -0.2) is 9.37 Å². The number of piperidine rings is 1. The highest BCUT2D eigenvalue weighted by molar-refractivity contribution is 5.95. The molecular formula is C22H27FN4O2. The lowest BCUT2D eigenvalue weighted by Crippen LogP contribution is -2.48. The molecule has 154 valence electrons. The van der Waals surface area contributed by atoms with Gasteiger partial charge >= 0.3 is 0 Å². The number of nitrogens with two attached hydrogens (primary N) is 1. The van der Waals surface area contributed by atoms with Gasteiger partial charge in [-0.2, -0.15) is 0 Å². The van der Waals surface area contributed by atoms with Crippen LogP contribution in [-0.2, 0) is 17.8 Å². The topological polar surface area (TPSA) is 81.2 Å². The lowest BCUT2D eigenvalue weighted by Gasteiger charge is -2.36. The smallest absolute Gasteiger partial charge is 0.274 e. The third-order valence-electron chi connectivity index (χ3n) is 6.22. The van der Waals surface area contributed by atoms with Gasteiger partial charge in [-0.3, -0.25) is 9.59 Å². The molecule has 4 rings (SSSR count). The Kier molecular flexibility index (Phi) is 5.39. The third-order valence-corrected chi connectivity index (χ3v) is 6.22. The van der Waals surface area contributed by atoms with Gasteiger partial charge in [0, 0.05) is 24.7 Å². The van der Waals surface area contributed by atoms with E-state index in [0.717, 1.165) is 49.9 Å². The van der Waals surface area contributed by atoms with E-state index < -0.39 is 0 Å². The van der Waals surface area contributed by atoms with E-state index in [0.29, 0.717) is 24.5 Å². The van der Waals surface area contributed by atoms with Gasteiger partial charge in [-0.1, -0.05) is 6.42 Å². The number of primary amides is 1. The van der Waals surface area contributed by atoms with Crippen LogP contribution in [0.3, 0.4) is 0 Å². The van der Waals surface area contributed by atoms with Crippen molar-refractivity contribution in [3.8, 4) is 11.4 Å². The molecule has 7 heteroatoms. The number of aromatic nitrogens is 2. The van der Waals surface area contributed by atoms with Crippen molar-refractivity contribution < 1.29 is 14.0 Å². The van der Waals surface area contributed by atoms with E-state index in [1.54, 1.807) is 17.0 Å². The molecule has 2 atom stereocenters. The van der Waals surface area contributed by atoms with Gasteiger partial charge in [0.25, 0.3) is 5.91 Å². The SMILES string of the molecule is CC1CCC(C(N)=O)CN1C(=O)c1nc(-c2ccc(F)cc2)n2c1CCCCC2. The van der Waals surface area contributed by atoms with Crippen LogP contribution in [0.5, 0.6) is 0 Å². The number of imidazole rings is 1. The zero-order valence-electron chi connectivity index (χ0n) is 16.7. The summed E-state index contributed by atoms with van der Waals surface area (Å²) in [6, 6.07) is 6.28. The molecule has 1 aromatic carbocycles. The van der Waals surface area contributed by atoms with E-state index >= 15 is 0 Å². The van der Waals surface area contributed by atoms with Crippen LogP contribution in [0.25, 0.3) is 11.4 Å². The van der Waals surface area contributed by atoms with Crippen molar-refractivity contribution >= 4 is 11.8 Å². The number of carbonyl (C=O) groups is 2. The van der Waals surface area contributed by atoms with E-state index in [-0.39, 0.29) is 29.6 Å². The average Bonchev–Trinajstić information content (AvgIpc) is 2.89. The summed E-state index contributed by atoms with van der Waals surface area (Å²) in [5.74, 6) is -0.394. The minimum Gasteiger partial charge on any atom is -0.369 e. The molecule has 0 aliphatic carbocycles. The maximum atomic E-state index is 13.5. The van der Waals surface area contributed by atoms with Gasteiger partial charge in [0.15, 0.2) is 0 Å². The molecule has 3 heterocycles. The average molecular weight is 398 g/mol. The van der Waals surface area contributed by atoms with Crippen molar-refractivity contribution in [2.75, 3.05) is 6.54 Å². The quantitative estimate of drug-likeness (QED) is 0.862. The zero-order chi connectivity index (χ0) is 20.5. The van der Waals surface area contributed by atoms with Gasteiger partial charge < -0.3 is 15.2 Å². The molecule has 2 N–H and O–H groups in total. The van der Waals surface area contributed by atoms with Crippen molar-refractivity contribution in [1.82, 2.24) is 14.5 Å². The van der Waals surface area contributed by atoms with Gasteiger partial charge in [0.05, 0.1) is 11.6 Å². The number of likely N-dealkylation sites (tertiary alicyclic amines) is 1. The second-order valence-electron chi connectivity index (χ2n) is 8.18. The van der Waals surface area contributed by atoms with E-state index in [2.05, 4.69) is 4.57 Å². The van der Waals surface area contributed by atoms with Gasteiger partial charge in [-0.15, -0.1) is 0 Å². The molecule has 2 amide bonds. The summed E-state index contributed by atoms with van der Waals surface area (Å²) in [6.45, 7) is 3.14. The maximum absolute atomic E-state index is 13.5. The lowest BCUT2D eigenvalue weighted by molar-refractivity contribution is -0.123. The lowest BCUT2D eigenvalue weighted by atomic mass is 9.92. The largest absolute Gasteiger partial charge is 0.369 e. The van der Waals surface area contributed by atoms with Crippen molar-refractivity contribution in [2.24, 2.45) is 11.7 Å². The Hall–Kier alpha value is -2.70. The van der Waals surface area contributed by atoms with Crippen LogP contribution in [0, 0.1) is 11.7 Å². The van der Waals surface area contributed by atoms with Crippen LogP contribution in [0.2, 0.25) is 0 Å². The van der Waals surface area contributed by atoms with Gasteiger partial charge in [-0.05, 0) is 63.3 Å². The van der Waals surface area contributed by atoms with Crippen LogP contribution in [0.15, 0.2) is 24.3 Å². The van der Waals surface area contributed by atoms with Gasteiger partial charge in [0.2, 0.25) is 5.91 Å². The number of amides is 2. The fourth-order valence-corrected chi connectivity index (χ4v) is 4.47. The second kappa shape index (κ2) is 7.97. The van der Waals surface area contributed by atoms with Crippen LogP contribution in [0.1, 0.15) is 55.2 Å². The number of carbonyl (C=O) groups excluding carboxylic acids is 2. The molecule has 2 aliphatic heterocycles. The van der Waals surface area contributed by atoms with Gasteiger partial charge in [0.1, 0.15) is 17.3 Å². The summed E-state index contributed by atoms with van der Waals surface area (Å²) in [7, 11) is 0. The zero-order valence-corrected chi connectivity index (χ0v) is 16.7. The number of fused-ring (bicyclic) bond motifs is 1. The van der Waals surface area contributed by atoms with Crippen LogP contribution in [-0.4, -0.2) is 38.9 Å². The molecule has 2 unspecified atom stereocenters. The first kappa shape index (κ1) is 19.6. The number of rotatable bonds is 3. The molecule has 0 saturated carbocycles.